The summed E-state index contributed by atoms with van der Waals surface area (Å²) in [5, 5.41) is 0. The Labute approximate surface area is 165 Å². The Hall–Kier alpha value is -0.296. The summed E-state index contributed by atoms with van der Waals surface area (Å²) in [5.74, 6) is 0. The largest absolute Gasteiger partial charge is 0.508 e. The van der Waals surface area contributed by atoms with Gasteiger partial charge in [-0.05, 0) is 12.8 Å². The maximum Gasteiger partial charge on any atom is 0.508 e. The first-order valence-electron chi connectivity index (χ1n) is 10.8. The molecule has 26 heavy (non-hydrogen) atoms. The Kier molecular flexibility index (Phi) is 12.8. The van der Waals surface area contributed by atoms with Crippen molar-refractivity contribution in [1.82, 2.24) is 0 Å². The van der Waals surface area contributed by atoms with E-state index in [-0.39, 0.29) is 0 Å². The molecule has 0 amide bonds. The molecule has 0 unspecified atom stereocenters. The monoisotopic (exact) mass is 402 g/mol. The summed E-state index contributed by atoms with van der Waals surface area (Å²) in [4.78, 5) is 11.6. The first-order chi connectivity index (χ1) is 12.0. The van der Waals surface area contributed by atoms with Gasteiger partial charge in [-0.3, -0.25) is 0 Å². The van der Waals surface area contributed by atoms with Gasteiger partial charge in [0.05, 0.1) is 13.2 Å². The molecule has 0 bridgehead atoms. The molecule has 0 aromatic carbocycles. The van der Waals surface area contributed by atoms with Gasteiger partial charge < -0.3 is 9.47 Å². The van der Waals surface area contributed by atoms with Crippen molar-refractivity contribution in [1.29, 1.82) is 0 Å². The van der Waals surface area contributed by atoms with E-state index in [2.05, 4.69) is 53.9 Å². The normalized spacial score (nSPS) is 12.7. The second-order valence-electron chi connectivity index (χ2n) is 9.85. The summed E-state index contributed by atoms with van der Waals surface area (Å²) < 4.78 is 10.3. The third-order valence-corrected chi connectivity index (χ3v) is 16.0. The Morgan fingerprint density at radius 1 is 0.654 bits per heavy atom. The van der Waals surface area contributed by atoms with Crippen molar-refractivity contribution in [2.24, 2.45) is 0 Å². The maximum absolute atomic E-state index is 11.6. The molecule has 0 aromatic heterocycles. The van der Waals surface area contributed by atoms with Crippen LogP contribution in [-0.2, 0) is 9.47 Å². The molecule has 0 heterocycles. The van der Waals surface area contributed by atoms with Crippen molar-refractivity contribution in [3.8, 4) is 0 Å². The van der Waals surface area contributed by atoms with Crippen LogP contribution in [0.5, 0.6) is 0 Å². The van der Waals surface area contributed by atoms with Crippen molar-refractivity contribution >= 4 is 22.3 Å². The van der Waals surface area contributed by atoms with Gasteiger partial charge in [-0.1, -0.05) is 103 Å². The number of unbranched alkanes of at least 4 members (excludes halogenated alkanes) is 4. The Morgan fingerprint density at radius 2 is 1.00 bits per heavy atom. The Morgan fingerprint density at radius 3 is 1.31 bits per heavy atom. The highest BCUT2D eigenvalue weighted by Gasteiger charge is 2.24. The van der Waals surface area contributed by atoms with Crippen LogP contribution in [0, 0.1) is 0 Å². The molecule has 0 N–H and O–H groups in total. The molecule has 0 aliphatic carbocycles. The molecule has 3 nitrogen and oxygen atoms in total. The summed E-state index contributed by atoms with van der Waals surface area (Å²) in [6.07, 6.45) is 6.22. The zero-order valence-electron chi connectivity index (χ0n) is 19.0. The molecule has 0 spiro atoms. The molecule has 0 fully saturated rings. The van der Waals surface area contributed by atoms with E-state index < -0.39 is 22.3 Å². The van der Waals surface area contributed by atoms with Gasteiger partial charge in [0.2, 0.25) is 0 Å². The van der Waals surface area contributed by atoms with Crippen molar-refractivity contribution in [2.45, 2.75) is 116 Å². The second-order valence-corrected chi connectivity index (χ2v) is 21.1. The van der Waals surface area contributed by atoms with Crippen molar-refractivity contribution in [3.05, 3.63) is 0 Å². The zero-order chi connectivity index (χ0) is 20.2. The van der Waals surface area contributed by atoms with Crippen LogP contribution in [0.2, 0.25) is 49.4 Å². The molecule has 5 heteroatoms. The van der Waals surface area contributed by atoms with Crippen LogP contribution in [-0.4, -0.2) is 35.5 Å². The van der Waals surface area contributed by atoms with Crippen LogP contribution in [0.3, 0.4) is 0 Å². The van der Waals surface area contributed by atoms with E-state index in [9.17, 15) is 4.79 Å². The SMILES string of the molecule is CC(C)[Si](C)(C)CCCCCOC(=O)OCCCCC[Si](C)(C)C(C)C. The minimum absolute atomic E-state index is 0.487. The molecular weight excluding hydrogens is 356 g/mol. The molecular formula is C21H46O3Si2. The molecule has 0 radical (unpaired) electrons. The summed E-state index contributed by atoms with van der Waals surface area (Å²) in [6.45, 7) is 20.3. The summed E-state index contributed by atoms with van der Waals surface area (Å²) >= 11 is 0. The van der Waals surface area contributed by atoms with Crippen LogP contribution in [0.15, 0.2) is 0 Å². The number of rotatable bonds is 14. The van der Waals surface area contributed by atoms with Crippen LogP contribution >= 0.6 is 0 Å². The van der Waals surface area contributed by atoms with Gasteiger partial charge in [0.1, 0.15) is 0 Å². The van der Waals surface area contributed by atoms with E-state index in [1.165, 1.54) is 24.9 Å². The number of carbonyl (C=O) groups is 1. The van der Waals surface area contributed by atoms with Crippen molar-refractivity contribution < 1.29 is 14.3 Å². The quantitative estimate of drug-likeness (QED) is 0.169. The highest BCUT2D eigenvalue weighted by molar-refractivity contribution is 6.79. The van der Waals surface area contributed by atoms with E-state index in [1.807, 2.05) is 0 Å². The van der Waals surface area contributed by atoms with Gasteiger partial charge in [0.25, 0.3) is 0 Å². The third-order valence-electron chi connectivity index (χ3n) is 6.50. The summed E-state index contributed by atoms with van der Waals surface area (Å²) in [7, 11) is -2.08. The fourth-order valence-corrected chi connectivity index (χ4v) is 6.13. The van der Waals surface area contributed by atoms with Crippen LogP contribution < -0.4 is 0 Å². The first-order valence-corrected chi connectivity index (χ1v) is 17.4. The minimum Gasteiger partial charge on any atom is -0.434 e. The first kappa shape index (κ1) is 25.7. The van der Waals surface area contributed by atoms with Gasteiger partial charge in [0, 0.05) is 16.1 Å². The Bertz CT molecular complexity index is 345. The lowest BCUT2D eigenvalue weighted by molar-refractivity contribution is 0.0530. The molecule has 0 saturated heterocycles. The number of carbonyl (C=O) groups excluding carboxylic acids is 1. The third kappa shape index (κ3) is 12.2. The highest BCUT2D eigenvalue weighted by atomic mass is 28.3. The maximum atomic E-state index is 11.6. The van der Waals surface area contributed by atoms with E-state index in [1.54, 1.807) is 0 Å². The van der Waals surface area contributed by atoms with E-state index >= 15 is 0 Å². The van der Waals surface area contributed by atoms with Gasteiger partial charge in [-0.25, -0.2) is 4.79 Å². The second kappa shape index (κ2) is 13.0. The molecule has 0 aliphatic rings. The highest BCUT2D eigenvalue weighted by Crippen LogP contribution is 2.27. The van der Waals surface area contributed by atoms with Crippen LogP contribution in [0.25, 0.3) is 0 Å². The lowest BCUT2D eigenvalue weighted by Gasteiger charge is -2.26. The average molecular weight is 403 g/mol. The van der Waals surface area contributed by atoms with E-state index in [4.69, 9.17) is 9.47 Å². The van der Waals surface area contributed by atoms with E-state index in [0.29, 0.717) is 13.2 Å². The summed E-state index contributed by atoms with van der Waals surface area (Å²) in [5.41, 5.74) is 1.68. The number of ether oxygens (including phenoxy) is 2. The lowest BCUT2D eigenvalue weighted by atomic mass is 10.3. The average Bonchev–Trinajstić information content (AvgIpc) is 2.53. The molecule has 0 aromatic rings. The van der Waals surface area contributed by atoms with Crippen LogP contribution in [0.4, 0.5) is 4.79 Å². The molecule has 0 saturated carbocycles. The number of hydrogen-bond acceptors (Lipinski definition) is 3. The van der Waals surface area contributed by atoms with Gasteiger partial charge in [-0.2, -0.15) is 0 Å². The molecule has 0 atom stereocenters. The topological polar surface area (TPSA) is 35.5 Å². The molecule has 156 valence electrons. The smallest absolute Gasteiger partial charge is 0.434 e. The Balaban J connectivity index is 3.54. The fraction of sp³-hybridized carbons (Fsp3) is 0.952. The fourth-order valence-electron chi connectivity index (χ4n) is 2.65. The van der Waals surface area contributed by atoms with Gasteiger partial charge >= 0.3 is 6.16 Å². The molecule has 0 aliphatic heterocycles. The predicted molar refractivity (Wildman–Crippen MR) is 120 cm³/mol. The lowest BCUT2D eigenvalue weighted by Crippen LogP contribution is -2.28. The van der Waals surface area contributed by atoms with E-state index in [0.717, 1.165) is 36.8 Å². The van der Waals surface area contributed by atoms with Crippen molar-refractivity contribution in [3.63, 3.8) is 0 Å². The standard InChI is InChI=1S/C21H46O3Si2/c1-19(2)25(5,6)17-13-9-11-15-23-21(22)24-16-12-10-14-18-26(7,8)20(3)4/h19-20H,9-18H2,1-8H3. The predicted octanol–water partition coefficient (Wildman–Crippen LogP) is 7.72. The molecule has 0 rings (SSSR count). The zero-order valence-corrected chi connectivity index (χ0v) is 21.0. The van der Waals surface area contributed by atoms with Crippen LogP contribution in [0.1, 0.15) is 66.2 Å². The minimum atomic E-state index is -1.04. The van der Waals surface area contributed by atoms with Crippen molar-refractivity contribution in [2.75, 3.05) is 13.2 Å². The van der Waals surface area contributed by atoms with Gasteiger partial charge in [0.15, 0.2) is 0 Å². The number of hydrogen-bond donors (Lipinski definition) is 0. The van der Waals surface area contributed by atoms with Gasteiger partial charge in [-0.15, -0.1) is 0 Å². The summed E-state index contributed by atoms with van der Waals surface area (Å²) in [6, 6.07) is 2.73.